The van der Waals surface area contributed by atoms with Gasteiger partial charge in [-0.25, -0.2) is 0 Å². The van der Waals surface area contributed by atoms with Crippen LogP contribution >= 0.6 is 12.2 Å². The Morgan fingerprint density at radius 1 is 1.47 bits per heavy atom. The van der Waals surface area contributed by atoms with Crippen LogP contribution in [-0.4, -0.2) is 17.4 Å². The second-order valence-corrected chi connectivity index (χ2v) is 6.44. The highest BCUT2D eigenvalue weighted by molar-refractivity contribution is 7.80. The molecule has 0 aromatic rings. The molecule has 0 radical (unpaired) electrons. The van der Waals surface area contributed by atoms with Gasteiger partial charge in [-0.2, -0.15) is 0 Å². The van der Waals surface area contributed by atoms with Crippen molar-refractivity contribution in [1.82, 2.24) is 5.32 Å². The molecule has 3 nitrogen and oxygen atoms in total. The minimum atomic E-state index is -0.543. The molecular weight excluding hydrogens is 232 g/mol. The van der Waals surface area contributed by atoms with Gasteiger partial charge in [-0.1, -0.05) is 26.1 Å². The summed E-state index contributed by atoms with van der Waals surface area (Å²) < 4.78 is 0. The zero-order valence-electron chi connectivity index (χ0n) is 10.7. The smallest absolute Gasteiger partial charge is 0.233 e. The van der Waals surface area contributed by atoms with Crippen molar-refractivity contribution in [2.75, 3.05) is 6.54 Å². The summed E-state index contributed by atoms with van der Waals surface area (Å²) in [5.74, 6) is 0.617. The molecule has 3 N–H and O–H groups in total. The molecule has 2 rings (SSSR count). The third kappa shape index (κ3) is 2.19. The number of hydrogen-bond acceptors (Lipinski definition) is 2. The van der Waals surface area contributed by atoms with E-state index in [1.54, 1.807) is 0 Å². The van der Waals surface area contributed by atoms with Crippen LogP contribution in [0, 0.1) is 16.7 Å². The third-order valence-electron chi connectivity index (χ3n) is 4.63. The van der Waals surface area contributed by atoms with Gasteiger partial charge in [0, 0.05) is 6.54 Å². The summed E-state index contributed by atoms with van der Waals surface area (Å²) >= 11 is 5.08. The summed E-state index contributed by atoms with van der Waals surface area (Å²) in [6.07, 6.45) is 5.24. The number of nitrogens with two attached hydrogens (primary N) is 1. The molecule has 4 heteroatoms. The highest BCUT2D eigenvalue weighted by Crippen LogP contribution is 2.49. The van der Waals surface area contributed by atoms with Crippen LogP contribution in [0.3, 0.4) is 0 Å². The molecule has 2 aliphatic rings. The molecule has 0 aliphatic heterocycles. The monoisotopic (exact) mass is 254 g/mol. The Labute approximate surface area is 109 Å². The van der Waals surface area contributed by atoms with E-state index >= 15 is 0 Å². The molecule has 0 unspecified atom stereocenters. The normalized spacial score (nSPS) is 33.6. The summed E-state index contributed by atoms with van der Waals surface area (Å²) in [5.41, 5.74) is 5.59. The van der Waals surface area contributed by atoms with Crippen LogP contribution < -0.4 is 11.1 Å². The van der Waals surface area contributed by atoms with E-state index in [0.29, 0.717) is 16.3 Å². The van der Waals surface area contributed by atoms with Gasteiger partial charge in [-0.05, 0) is 43.4 Å². The Morgan fingerprint density at radius 3 is 2.41 bits per heavy atom. The van der Waals surface area contributed by atoms with Crippen molar-refractivity contribution in [1.29, 1.82) is 0 Å². The van der Waals surface area contributed by atoms with E-state index in [9.17, 15) is 4.79 Å². The maximum atomic E-state index is 12.2. The van der Waals surface area contributed by atoms with Crippen molar-refractivity contribution in [3.05, 3.63) is 0 Å². The first-order valence-electron chi connectivity index (χ1n) is 6.52. The second kappa shape index (κ2) is 4.23. The van der Waals surface area contributed by atoms with Crippen LogP contribution in [0.5, 0.6) is 0 Å². The van der Waals surface area contributed by atoms with Gasteiger partial charge in [-0.3, -0.25) is 4.79 Å². The lowest BCUT2D eigenvalue weighted by Crippen LogP contribution is -2.56. The highest BCUT2D eigenvalue weighted by Gasteiger charge is 2.51. The fourth-order valence-electron chi connectivity index (χ4n) is 2.90. The maximum Gasteiger partial charge on any atom is 0.233 e. The Bertz CT molecular complexity index is 343. The SMILES string of the molecule is CCC1(CNC(=O)C2(C(N)=S)CC(C)C2)CC1. The number of carbonyl (C=O) groups excluding carboxylic acids is 1. The quantitative estimate of drug-likeness (QED) is 0.738. The number of thiocarbonyl (C=S) groups is 1. The average molecular weight is 254 g/mol. The van der Waals surface area contributed by atoms with E-state index in [1.165, 1.54) is 12.8 Å². The van der Waals surface area contributed by atoms with E-state index in [-0.39, 0.29) is 5.91 Å². The number of hydrogen-bond donors (Lipinski definition) is 2. The zero-order chi connectivity index (χ0) is 12.7. The Hall–Kier alpha value is -0.640. The summed E-state index contributed by atoms with van der Waals surface area (Å²) in [5, 5.41) is 3.07. The number of nitrogens with one attached hydrogen (secondary N) is 1. The largest absolute Gasteiger partial charge is 0.392 e. The molecule has 0 spiro atoms. The van der Waals surface area contributed by atoms with Crippen molar-refractivity contribution in [3.8, 4) is 0 Å². The lowest BCUT2D eigenvalue weighted by atomic mass is 9.62. The van der Waals surface area contributed by atoms with Gasteiger partial charge in [0.2, 0.25) is 5.91 Å². The molecule has 0 aromatic heterocycles. The molecule has 2 saturated carbocycles. The van der Waals surface area contributed by atoms with Gasteiger partial charge in [0.25, 0.3) is 0 Å². The molecule has 2 fully saturated rings. The van der Waals surface area contributed by atoms with Crippen LogP contribution in [0.15, 0.2) is 0 Å². The third-order valence-corrected chi connectivity index (χ3v) is 5.02. The first-order valence-corrected chi connectivity index (χ1v) is 6.93. The van der Waals surface area contributed by atoms with Gasteiger partial charge in [0.05, 0.1) is 10.4 Å². The van der Waals surface area contributed by atoms with E-state index in [0.717, 1.165) is 25.8 Å². The summed E-state index contributed by atoms with van der Waals surface area (Å²) in [4.78, 5) is 12.6. The van der Waals surface area contributed by atoms with Crippen LogP contribution in [0.25, 0.3) is 0 Å². The lowest BCUT2D eigenvalue weighted by molar-refractivity contribution is -0.133. The van der Waals surface area contributed by atoms with Crippen LogP contribution in [0.2, 0.25) is 0 Å². The van der Waals surface area contributed by atoms with Crippen molar-refractivity contribution in [2.45, 2.75) is 46.0 Å². The van der Waals surface area contributed by atoms with Gasteiger partial charge >= 0.3 is 0 Å². The molecule has 0 heterocycles. The Morgan fingerprint density at radius 2 is 2.06 bits per heavy atom. The Balaban J connectivity index is 1.92. The van der Waals surface area contributed by atoms with Gasteiger partial charge < -0.3 is 11.1 Å². The molecule has 1 amide bonds. The first-order chi connectivity index (χ1) is 7.94. The minimum absolute atomic E-state index is 0.0582. The predicted molar refractivity (Wildman–Crippen MR) is 72.6 cm³/mol. The minimum Gasteiger partial charge on any atom is -0.392 e. The van der Waals surface area contributed by atoms with Crippen molar-refractivity contribution < 1.29 is 4.79 Å². The fraction of sp³-hybridized carbons (Fsp3) is 0.846. The molecule has 96 valence electrons. The maximum absolute atomic E-state index is 12.2. The summed E-state index contributed by atoms with van der Waals surface area (Å²) in [7, 11) is 0. The average Bonchev–Trinajstić information content (AvgIpc) is 3.01. The van der Waals surface area contributed by atoms with Gasteiger partial charge in [-0.15, -0.1) is 0 Å². The number of carbonyl (C=O) groups is 1. The number of rotatable bonds is 5. The highest BCUT2D eigenvalue weighted by atomic mass is 32.1. The van der Waals surface area contributed by atoms with Crippen LogP contribution in [0.1, 0.15) is 46.0 Å². The second-order valence-electron chi connectivity index (χ2n) is 6.00. The van der Waals surface area contributed by atoms with E-state index in [1.807, 2.05) is 0 Å². The summed E-state index contributed by atoms with van der Waals surface area (Å²) in [6.45, 7) is 5.12. The van der Waals surface area contributed by atoms with E-state index in [4.69, 9.17) is 18.0 Å². The molecule has 0 aromatic carbocycles. The molecular formula is C13H22N2OS. The Kier molecular flexibility index (Phi) is 3.19. The lowest BCUT2D eigenvalue weighted by Gasteiger charge is -2.44. The summed E-state index contributed by atoms with van der Waals surface area (Å²) in [6, 6.07) is 0. The van der Waals surface area contributed by atoms with Crippen LogP contribution in [0.4, 0.5) is 0 Å². The fourth-order valence-corrected chi connectivity index (χ4v) is 3.16. The topological polar surface area (TPSA) is 55.1 Å². The molecule has 2 aliphatic carbocycles. The molecule has 0 saturated heterocycles. The number of amides is 1. The van der Waals surface area contributed by atoms with Crippen molar-refractivity contribution in [3.63, 3.8) is 0 Å². The van der Waals surface area contributed by atoms with Crippen molar-refractivity contribution >= 4 is 23.1 Å². The molecule has 17 heavy (non-hydrogen) atoms. The first kappa shape index (κ1) is 12.8. The van der Waals surface area contributed by atoms with Gasteiger partial charge in [0.1, 0.15) is 0 Å². The van der Waals surface area contributed by atoms with Crippen molar-refractivity contribution in [2.24, 2.45) is 22.5 Å². The predicted octanol–water partition coefficient (Wildman–Crippen LogP) is 2.00. The standard InChI is InChI=1S/C13H22N2OS/c1-3-12(4-5-12)8-15-11(16)13(10(14)17)6-9(2)7-13/h9H,3-8H2,1-2H3,(H2,14,17)(H,15,16). The molecule has 0 atom stereocenters. The van der Waals surface area contributed by atoms with Gasteiger partial charge in [0.15, 0.2) is 0 Å². The zero-order valence-corrected chi connectivity index (χ0v) is 11.5. The van der Waals surface area contributed by atoms with E-state index < -0.39 is 5.41 Å². The van der Waals surface area contributed by atoms with E-state index in [2.05, 4.69) is 19.2 Å². The van der Waals surface area contributed by atoms with Crippen LogP contribution in [-0.2, 0) is 4.79 Å². The molecule has 0 bridgehead atoms.